The van der Waals surface area contributed by atoms with Gasteiger partial charge in [-0.05, 0) is 36.1 Å². The summed E-state index contributed by atoms with van der Waals surface area (Å²) in [6.45, 7) is 0.609. The predicted octanol–water partition coefficient (Wildman–Crippen LogP) is 2.98. The average Bonchev–Trinajstić information content (AvgIpc) is 3.57. The fourth-order valence-electron chi connectivity index (χ4n) is 4.70. The maximum absolute atomic E-state index is 14.0. The number of benzene rings is 2. The molecule has 1 aromatic heterocycles. The molecule has 1 saturated heterocycles. The maximum Gasteiger partial charge on any atom is 0.243 e. The number of carbonyl (C=O) groups is 2. The van der Waals surface area contributed by atoms with Crippen molar-refractivity contribution in [3.8, 4) is 6.07 Å². The zero-order chi connectivity index (χ0) is 26.4. The van der Waals surface area contributed by atoms with Crippen LogP contribution in [0.3, 0.4) is 0 Å². The molecule has 0 saturated carbocycles. The Balaban J connectivity index is 1.62. The van der Waals surface area contributed by atoms with Gasteiger partial charge in [-0.1, -0.05) is 60.7 Å². The minimum Gasteiger partial charge on any atom is -0.349 e. The number of carbonyl (C=O) groups excluding carboxylic acids is 2. The van der Waals surface area contributed by atoms with Gasteiger partial charge in [-0.25, -0.2) is 13.1 Å². The van der Waals surface area contributed by atoms with E-state index >= 15 is 0 Å². The lowest BCUT2D eigenvalue weighted by molar-refractivity contribution is -0.140. The van der Waals surface area contributed by atoms with E-state index in [1.807, 2.05) is 60.7 Å². The van der Waals surface area contributed by atoms with E-state index in [-0.39, 0.29) is 12.5 Å². The Morgan fingerprint density at radius 1 is 1.05 bits per heavy atom. The number of thiophene rings is 1. The van der Waals surface area contributed by atoms with Crippen LogP contribution in [-0.2, 0) is 26.2 Å². The van der Waals surface area contributed by atoms with Gasteiger partial charge >= 0.3 is 0 Å². The van der Waals surface area contributed by atoms with E-state index in [1.165, 1.54) is 16.2 Å². The Morgan fingerprint density at radius 3 is 2.22 bits per heavy atom. The van der Waals surface area contributed by atoms with E-state index in [0.29, 0.717) is 24.3 Å². The van der Waals surface area contributed by atoms with Crippen molar-refractivity contribution in [2.24, 2.45) is 0 Å². The summed E-state index contributed by atoms with van der Waals surface area (Å²) in [6, 6.07) is 22.3. The number of nitriles is 1. The fourth-order valence-corrected chi connectivity index (χ4v) is 6.14. The molecule has 0 bridgehead atoms. The van der Waals surface area contributed by atoms with Crippen molar-refractivity contribution < 1.29 is 18.0 Å². The molecule has 2 N–H and O–H groups in total. The molecule has 192 valence electrons. The third-order valence-electron chi connectivity index (χ3n) is 6.31. The fraction of sp³-hybridized carbons (Fsp3) is 0.296. The molecule has 1 fully saturated rings. The maximum atomic E-state index is 14.0. The van der Waals surface area contributed by atoms with Crippen LogP contribution in [0.2, 0.25) is 0 Å². The number of hydrogen-bond acceptors (Lipinski definition) is 6. The summed E-state index contributed by atoms with van der Waals surface area (Å²) in [4.78, 5) is 30.0. The molecule has 0 aliphatic carbocycles. The SMILES string of the molecule is CS(=O)(=O)N[C@@H](C(=O)N1CCC[C@H]1C(=O)NCc1ccc(C#N)s1)C(c1ccccc1)c1ccccc1. The van der Waals surface area contributed by atoms with E-state index in [4.69, 9.17) is 5.26 Å². The number of nitrogens with zero attached hydrogens (tertiary/aromatic N) is 2. The van der Waals surface area contributed by atoms with Crippen molar-refractivity contribution in [1.29, 1.82) is 5.26 Å². The summed E-state index contributed by atoms with van der Waals surface area (Å²) >= 11 is 1.30. The summed E-state index contributed by atoms with van der Waals surface area (Å²) < 4.78 is 27.5. The van der Waals surface area contributed by atoms with Crippen molar-refractivity contribution in [1.82, 2.24) is 14.9 Å². The third kappa shape index (κ3) is 6.63. The molecule has 4 rings (SSSR count). The molecule has 0 radical (unpaired) electrons. The standard InChI is InChI=1S/C27H28N4O4S2/c1-37(34,35)30-25(24(19-9-4-2-5-10-19)20-11-6-3-7-12-20)27(33)31-16-8-13-23(31)26(32)29-18-22-15-14-21(17-28)36-22/h2-7,9-12,14-15,23-25,30H,8,13,16,18H2,1H3,(H,29,32)/t23-,25+/m0/s1. The lowest BCUT2D eigenvalue weighted by Gasteiger charge is -2.33. The Kier molecular flexibility index (Phi) is 8.38. The molecule has 2 aromatic carbocycles. The highest BCUT2D eigenvalue weighted by molar-refractivity contribution is 7.88. The van der Waals surface area contributed by atoms with Gasteiger partial charge in [-0.2, -0.15) is 5.26 Å². The summed E-state index contributed by atoms with van der Waals surface area (Å²) in [7, 11) is -3.77. The van der Waals surface area contributed by atoms with E-state index < -0.39 is 33.9 Å². The lowest BCUT2D eigenvalue weighted by atomic mass is 9.84. The second kappa shape index (κ2) is 11.7. The first-order chi connectivity index (χ1) is 17.8. The summed E-state index contributed by atoms with van der Waals surface area (Å²) in [6.07, 6.45) is 2.15. The highest BCUT2D eigenvalue weighted by Gasteiger charge is 2.41. The molecule has 8 nitrogen and oxygen atoms in total. The summed E-state index contributed by atoms with van der Waals surface area (Å²) in [5.74, 6) is -1.33. The van der Waals surface area contributed by atoms with E-state index in [1.54, 1.807) is 12.1 Å². The second-order valence-corrected chi connectivity index (χ2v) is 11.9. The van der Waals surface area contributed by atoms with Gasteiger partial charge in [0.25, 0.3) is 0 Å². The first-order valence-electron chi connectivity index (χ1n) is 11.9. The van der Waals surface area contributed by atoms with Crippen LogP contribution in [0.4, 0.5) is 0 Å². The number of hydrogen-bond donors (Lipinski definition) is 2. The van der Waals surface area contributed by atoms with Gasteiger partial charge in [-0.15, -0.1) is 11.3 Å². The second-order valence-electron chi connectivity index (χ2n) is 8.95. The van der Waals surface area contributed by atoms with Gasteiger partial charge in [-0.3, -0.25) is 9.59 Å². The highest BCUT2D eigenvalue weighted by Crippen LogP contribution is 2.31. The third-order valence-corrected chi connectivity index (χ3v) is 7.98. The lowest BCUT2D eigenvalue weighted by Crippen LogP contribution is -2.55. The molecule has 3 aromatic rings. The molecule has 2 heterocycles. The van der Waals surface area contributed by atoms with Crippen LogP contribution in [0.1, 0.15) is 39.6 Å². The smallest absolute Gasteiger partial charge is 0.243 e. The molecule has 1 aliphatic rings. The number of sulfonamides is 1. The van der Waals surface area contributed by atoms with E-state index in [2.05, 4.69) is 16.1 Å². The van der Waals surface area contributed by atoms with Gasteiger partial charge in [0.05, 0.1) is 12.8 Å². The van der Waals surface area contributed by atoms with Crippen LogP contribution in [0.25, 0.3) is 0 Å². The highest BCUT2D eigenvalue weighted by atomic mass is 32.2. The molecular weight excluding hydrogens is 508 g/mol. The Hall–Kier alpha value is -3.52. The Morgan fingerprint density at radius 2 is 1.68 bits per heavy atom. The quantitative estimate of drug-likeness (QED) is 0.436. The van der Waals surface area contributed by atoms with Crippen LogP contribution in [0.5, 0.6) is 0 Å². The zero-order valence-corrected chi connectivity index (χ0v) is 22.0. The van der Waals surface area contributed by atoms with Crippen LogP contribution < -0.4 is 10.0 Å². The molecule has 0 spiro atoms. The van der Waals surface area contributed by atoms with Gasteiger partial charge in [0.2, 0.25) is 21.8 Å². The number of nitrogens with one attached hydrogen (secondary N) is 2. The Labute approximate surface area is 221 Å². The average molecular weight is 537 g/mol. The van der Waals surface area contributed by atoms with Gasteiger partial charge < -0.3 is 10.2 Å². The van der Waals surface area contributed by atoms with E-state index in [0.717, 1.165) is 22.3 Å². The molecule has 10 heteroatoms. The topological polar surface area (TPSA) is 119 Å². The van der Waals surface area contributed by atoms with Crippen LogP contribution in [-0.4, -0.2) is 50.0 Å². The van der Waals surface area contributed by atoms with Gasteiger partial charge in [0.15, 0.2) is 0 Å². The van der Waals surface area contributed by atoms with E-state index in [9.17, 15) is 18.0 Å². The number of likely N-dealkylation sites (tertiary alicyclic amines) is 1. The molecule has 2 amide bonds. The monoisotopic (exact) mass is 536 g/mol. The molecule has 0 unspecified atom stereocenters. The van der Waals surface area contributed by atoms with Gasteiger partial charge in [0.1, 0.15) is 23.0 Å². The van der Waals surface area contributed by atoms with Crippen molar-refractivity contribution in [2.45, 2.75) is 37.4 Å². The van der Waals surface area contributed by atoms with Crippen LogP contribution >= 0.6 is 11.3 Å². The van der Waals surface area contributed by atoms with Gasteiger partial charge in [0, 0.05) is 17.3 Å². The minimum atomic E-state index is -3.77. The van der Waals surface area contributed by atoms with Crippen molar-refractivity contribution >= 4 is 33.2 Å². The first kappa shape index (κ1) is 26.5. The molecule has 2 atom stereocenters. The van der Waals surface area contributed by atoms with Crippen molar-refractivity contribution in [2.75, 3.05) is 12.8 Å². The normalized spacial score (nSPS) is 16.4. The summed E-state index contributed by atoms with van der Waals surface area (Å²) in [5, 5.41) is 11.9. The predicted molar refractivity (Wildman–Crippen MR) is 142 cm³/mol. The van der Waals surface area contributed by atoms with Crippen LogP contribution in [0.15, 0.2) is 72.8 Å². The van der Waals surface area contributed by atoms with Crippen LogP contribution in [0, 0.1) is 11.3 Å². The number of amides is 2. The van der Waals surface area contributed by atoms with Crippen molar-refractivity contribution in [3.63, 3.8) is 0 Å². The molecule has 37 heavy (non-hydrogen) atoms. The zero-order valence-electron chi connectivity index (χ0n) is 20.3. The first-order valence-corrected chi connectivity index (χ1v) is 14.6. The largest absolute Gasteiger partial charge is 0.349 e. The summed E-state index contributed by atoms with van der Waals surface area (Å²) in [5.41, 5.74) is 1.57. The molecular formula is C27H28N4O4S2. The van der Waals surface area contributed by atoms with Crippen molar-refractivity contribution in [3.05, 3.63) is 93.7 Å². The number of rotatable bonds is 9. The molecule has 1 aliphatic heterocycles. The Bertz CT molecular complexity index is 1350. The minimum absolute atomic E-state index is 0.255.